The first-order chi connectivity index (χ1) is 15.9. The number of nitrogens with one attached hydrogen (secondary N) is 1. The van der Waals surface area contributed by atoms with Crippen LogP contribution in [0.15, 0.2) is 55.8 Å². The number of carbonyl (C=O) groups is 1. The third kappa shape index (κ3) is 4.41. The number of hydrogen-bond donors (Lipinski definition) is 1. The molecule has 0 saturated carbocycles. The zero-order valence-corrected chi connectivity index (χ0v) is 20.1. The molecule has 1 aliphatic rings. The molecule has 1 saturated heterocycles. The number of nitrogens with zero attached hydrogens (tertiary/aromatic N) is 2. The quantitative estimate of drug-likeness (QED) is 0.410. The van der Waals surface area contributed by atoms with Crippen LogP contribution in [0.5, 0.6) is 5.75 Å². The molecule has 1 aromatic carbocycles. The lowest BCUT2D eigenvalue weighted by atomic mass is 9.99. The van der Waals surface area contributed by atoms with Crippen LogP contribution in [0.1, 0.15) is 12.8 Å². The number of ether oxygens (including phenoxy) is 1. The predicted molar refractivity (Wildman–Crippen MR) is 128 cm³/mol. The highest BCUT2D eigenvalue weighted by Gasteiger charge is 2.34. The summed E-state index contributed by atoms with van der Waals surface area (Å²) in [6.45, 7) is 0.581. The molecular formula is C22H21N3O5S3. The minimum Gasteiger partial charge on any atom is -0.497 e. The van der Waals surface area contributed by atoms with E-state index in [4.69, 9.17) is 9.15 Å². The van der Waals surface area contributed by atoms with Crippen molar-refractivity contribution in [3.05, 3.63) is 47.2 Å². The molecule has 8 nitrogen and oxygen atoms in total. The van der Waals surface area contributed by atoms with Crippen LogP contribution in [-0.4, -0.2) is 43.8 Å². The van der Waals surface area contributed by atoms with Crippen LogP contribution in [0.3, 0.4) is 0 Å². The zero-order valence-electron chi connectivity index (χ0n) is 17.7. The van der Waals surface area contributed by atoms with Gasteiger partial charge in [0.05, 0.1) is 13.0 Å². The van der Waals surface area contributed by atoms with E-state index in [0.717, 1.165) is 16.7 Å². The first-order valence-corrected chi connectivity index (χ1v) is 13.5. The maximum Gasteiger partial charge on any atom is 0.252 e. The van der Waals surface area contributed by atoms with E-state index in [1.165, 1.54) is 27.0 Å². The summed E-state index contributed by atoms with van der Waals surface area (Å²) in [5.74, 6) is 0.681. The molecule has 33 heavy (non-hydrogen) atoms. The Kier molecular flexibility index (Phi) is 5.95. The van der Waals surface area contributed by atoms with Gasteiger partial charge in [-0.2, -0.15) is 4.31 Å². The van der Waals surface area contributed by atoms with Gasteiger partial charge in [0.15, 0.2) is 10.9 Å². The van der Waals surface area contributed by atoms with E-state index in [-0.39, 0.29) is 12.5 Å². The van der Waals surface area contributed by atoms with Crippen molar-refractivity contribution >= 4 is 54.7 Å². The fourth-order valence-corrected chi connectivity index (χ4v) is 7.21. The monoisotopic (exact) mass is 503 g/mol. The van der Waals surface area contributed by atoms with Gasteiger partial charge < -0.3 is 14.5 Å². The second-order valence-corrected chi connectivity index (χ2v) is 11.6. The van der Waals surface area contributed by atoms with Gasteiger partial charge in [0, 0.05) is 23.9 Å². The Hall–Kier alpha value is -2.73. The number of thiazole rings is 1. The van der Waals surface area contributed by atoms with Gasteiger partial charge in [-0.1, -0.05) is 6.07 Å². The van der Waals surface area contributed by atoms with Gasteiger partial charge in [0.1, 0.15) is 21.2 Å². The summed E-state index contributed by atoms with van der Waals surface area (Å²) in [5, 5.41) is 7.75. The Morgan fingerprint density at radius 1 is 1.27 bits per heavy atom. The van der Waals surface area contributed by atoms with Crippen LogP contribution >= 0.6 is 22.7 Å². The van der Waals surface area contributed by atoms with E-state index in [0.29, 0.717) is 40.2 Å². The highest BCUT2D eigenvalue weighted by Crippen LogP contribution is 2.32. The molecule has 0 spiro atoms. The number of benzene rings is 1. The molecule has 0 aliphatic carbocycles. The molecule has 3 aromatic heterocycles. The van der Waals surface area contributed by atoms with Crippen molar-refractivity contribution in [1.29, 1.82) is 0 Å². The Balaban J connectivity index is 1.28. The molecule has 4 heterocycles. The van der Waals surface area contributed by atoms with Crippen LogP contribution in [0.25, 0.3) is 22.4 Å². The second-order valence-electron chi connectivity index (χ2n) is 7.68. The second kappa shape index (κ2) is 8.90. The normalized spacial score (nSPS) is 17.3. The predicted octanol–water partition coefficient (Wildman–Crippen LogP) is 4.67. The number of anilines is 1. The van der Waals surface area contributed by atoms with Crippen molar-refractivity contribution in [3.8, 4) is 17.2 Å². The minimum atomic E-state index is -3.57. The van der Waals surface area contributed by atoms with Gasteiger partial charge in [-0.3, -0.25) is 4.79 Å². The van der Waals surface area contributed by atoms with Crippen molar-refractivity contribution in [2.45, 2.75) is 17.1 Å². The van der Waals surface area contributed by atoms with Gasteiger partial charge in [-0.05, 0) is 48.6 Å². The third-order valence-corrected chi connectivity index (χ3v) is 9.55. The van der Waals surface area contributed by atoms with E-state index in [1.807, 2.05) is 29.6 Å². The number of sulfonamides is 1. The van der Waals surface area contributed by atoms with Crippen molar-refractivity contribution < 1.29 is 22.4 Å². The fraction of sp³-hybridized carbons (Fsp3) is 0.273. The Morgan fingerprint density at radius 2 is 2.15 bits per heavy atom. The summed E-state index contributed by atoms with van der Waals surface area (Å²) in [5.41, 5.74) is 1.34. The van der Waals surface area contributed by atoms with Crippen LogP contribution in [0, 0.1) is 5.92 Å². The fourth-order valence-electron chi connectivity index (χ4n) is 3.84. The molecule has 11 heteroatoms. The molecule has 1 atom stereocenters. The van der Waals surface area contributed by atoms with E-state index in [1.54, 1.807) is 24.6 Å². The van der Waals surface area contributed by atoms with Gasteiger partial charge in [0.2, 0.25) is 5.91 Å². The molecule has 4 aromatic rings. The van der Waals surface area contributed by atoms with Crippen LogP contribution < -0.4 is 10.1 Å². The highest BCUT2D eigenvalue weighted by atomic mass is 32.2. The topological polar surface area (TPSA) is 102 Å². The number of methoxy groups -OCH3 is 1. The van der Waals surface area contributed by atoms with Gasteiger partial charge in [0.25, 0.3) is 10.0 Å². The van der Waals surface area contributed by atoms with Crippen molar-refractivity contribution in [2.24, 2.45) is 5.92 Å². The smallest absolute Gasteiger partial charge is 0.252 e. The van der Waals surface area contributed by atoms with Crippen LogP contribution in [-0.2, 0) is 14.8 Å². The molecule has 1 aliphatic heterocycles. The number of carbonyl (C=O) groups excluding carboxylic acids is 1. The molecule has 1 N–H and O–H groups in total. The largest absolute Gasteiger partial charge is 0.497 e. The Labute approximate surface area is 198 Å². The molecule has 1 amide bonds. The molecular weight excluding hydrogens is 482 g/mol. The average molecular weight is 504 g/mol. The number of thiophene rings is 1. The summed E-state index contributed by atoms with van der Waals surface area (Å²) >= 11 is 2.49. The number of rotatable bonds is 6. The van der Waals surface area contributed by atoms with E-state index >= 15 is 0 Å². The van der Waals surface area contributed by atoms with Crippen molar-refractivity contribution in [3.63, 3.8) is 0 Å². The highest BCUT2D eigenvalue weighted by molar-refractivity contribution is 7.91. The number of piperidine rings is 1. The summed E-state index contributed by atoms with van der Waals surface area (Å²) in [4.78, 5) is 17.4. The average Bonchev–Trinajstić information content (AvgIpc) is 3.59. The Bertz CT molecular complexity index is 1390. The summed E-state index contributed by atoms with van der Waals surface area (Å²) in [6, 6.07) is 10.7. The maximum atomic E-state index is 12.9. The first kappa shape index (κ1) is 22.1. The number of hydrogen-bond acceptors (Lipinski definition) is 8. The van der Waals surface area contributed by atoms with Crippen molar-refractivity contribution in [1.82, 2.24) is 9.29 Å². The number of amides is 1. The third-order valence-electron chi connectivity index (χ3n) is 5.55. The standard InChI is InChI=1S/C22H21N3O5S3/c1-29-16-6-7-18-15(10-16)11-19(30-18)17-13-32-22(23-17)24-21(26)14-4-2-8-25(12-14)33(27,28)20-5-3-9-31-20/h3,5-7,9-11,13-14H,2,4,8,12H2,1H3,(H,23,24,26). The number of aromatic nitrogens is 1. The summed E-state index contributed by atoms with van der Waals surface area (Å²) < 4.78 is 38.5. The molecule has 5 rings (SSSR count). The first-order valence-electron chi connectivity index (χ1n) is 10.3. The molecule has 172 valence electrons. The van der Waals surface area contributed by atoms with Crippen molar-refractivity contribution in [2.75, 3.05) is 25.5 Å². The minimum absolute atomic E-state index is 0.162. The lowest BCUT2D eigenvalue weighted by Gasteiger charge is -2.30. The lowest BCUT2D eigenvalue weighted by molar-refractivity contribution is -0.120. The zero-order chi connectivity index (χ0) is 23.0. The molecule has 1 fully saturated rings. The van der Waals surface area contributed by atoms with Gasteiger partial charge in [-0.15, -0.1) is 22.7 Å². The molecule has 1 unspecified atom stereocenters. The summed E-state index contributed by atoms with van der Waals surface area (Å²) in [7, 11) is -1.96. The van der Waals surface area contributed by atoms with Gasteiger partial charge in [-0.25, -0.2) is 13.4 Å². The van der Waals surface area contributed by atoms with Crippen LogP contribution in [0.4, 0.5) is 5.13 Å². The van der Waals surface area contributed by atoms with E-state index in [2.05, 4.69) is 10.3 Å². The lowest BCUT2D eigenvalue weighted by Crippen LogP contribution is -2.43. The number of furan rings is 1. The van der Waals surface area contributed by atoms with E-state index < -0.39 is 15.9 Å². The molecule has 0 bridgehead atoms. The maximum absolute atomic E-state index is 12.9. The SMILES string of the molecule is COc1ccc2oc(-c3csc(NC(=O)C4CCCN(S(=O)(=O)c5cccs5)C4)n3)cc2c1. The summed E-state index contributed by atoms with van der Waals surface area (Å²) in [6.07, 6.45) is 1.26. The van der Waals surface area contributed by atoms with Gasteiger partial charge >= 0.3 is 0 Å². The molecule has 0 radical (unpaired) electrons. The Morgan fingerprint density at radius 3 is 2.94 bits per heavy atom. The van der Waals surface area contributed by atoms with Crippen LogP contribution in [0.2, 0.25) is 0 Å². The van der Waals surface area contributed by atoms with E-state index in [9.17, 15) is 13.2 Å². The number of fused-ring (bicyclic) bond motifs is 1.